The molecule has 0 heterocycles. The van der Waals surface area contributed by atoms with Crippen molar-refractivity contribution in [3.63, 3.8) is 0 Å². The van der Waals surface area contributed by atoms with Gasteiger partial charge in [0.25, 0.3) is 0 Å². The Morgan fingerprint density at radius 2 is 2.15 bits per heavy atom. The number of nitrogens with zero attached hydrogens (tertiary/aromatic N) is 1. The maximum atomic E-state index is 13.8. The van der Waals surface area contributed by atoms with Gasteiger partial charge in [-0.2, -0.15) is 0 Å². The molecular formula is C12H17ClFN3O2S. The van der Waals surface area contributed by atoms with Crippen molar-refractivity contribution >= 4 is 27.3 Å². The van der Waals surface area contributed by atoms with Crippen molar-refractivity contribution in [2.45, 2.75) is 23.8 Å². The second-order valence-electron chi connectivity index (χ2n) is 4.92. The number of sulfonamides is 1. The first kappa shape index (κ1) is 15.5. The second kappa shape index (κ2) is 5.85. The van der Waals surface area contributed by atoms with Gasteiger partial charge < -0.3 is 10.6 Å². The Kier molecular flexibility index (Phi) is 4.53. The summed E-state index contributed by atoms with van der Waals surface area (Å²) in [4.78, 5) is 1.56. The molecular weight excluding hydrogens is 305 g/mol. The molecule has 3 N–H and O–H groups in total. The number of nitrogens with one attached hydrogen (secondary N) is 1. The van der Waals surface area contributed by atoms with Gasteiger partial charge in [0.1, 0.15) is 4.90 Å². The van der Waals surface area contributed by atoms with E-state index >= 15 is 0 Å². The maximum absolute atomic E-state index is 13.8. The number of likely N-dealkylation sites (N-methyl/N-ethyl adjacent to an activating group) is 1. The van der Waals surface area contributed by atoms with Crippen molar-refractivity contribution in [2.24, 2.45) is 0 Å². The van der Waals surface area contributed by atoms with Gasteiger partial charge in [0.15, 0.2) is 5.82 Å². The summed E-state index contributed by atoms with van der Waals surface area (Å²) in [6.45, 7) is 0.781. The Morgan fingerprint density at radius 1 is 1.50 bits per heavy atom. The third kappa shape index (κ3) is 3.60. The minimum absolute atomic E-state index is 0.104. The van der Waals surface area contributed by atoms with E-state index in [0.29, 0.717) is 12.6 Å². The third-order valence-electron chi connectivity index (χ3n) is 3.23. The molecule has 0 bridgehead atoms. The van der Waals surface area contributed by atoms with Gasteiger partial charge in [-0.25, -0.2) is 17.5 Å². The van der Waals surface area contributed by atoms with Crippen LogP contribution in [0.5, 0.6) is 0 Å². The lowest BCUT2D eigenvalue weighted by Gasteiger charge is -2.16. The number of anilines is 1. The summed E-state index contributed by atoms with van der Waals surface area (Å²) in [7, 11) is -2.02. The minimum Gasteiger partial charge on any atom is -0.399 e. The van der Waals surface area contributed by atoms with Gasteiger partial charge in [0.2, 0.25) is 10.0 Å². The second-order valence-corrected chi connectivity index (χ2v) is 7.07. The Hall–Kier alpha value is -0.890. The molecule has 1 saturated carbocycles. The van der Waals surface area contributed by atoms with Gasteiger partial charge in [-0.15, -0.1) is 0 Å². The Bertz CT molecular complexity index is 605. The average Bonchev–Trinajstić information content (AvgIpc) is 3.17. The zero-order chi connectivity index (χ0) is 14.9. The van der Waals surface area contributed by atoms with Gasteiger partial charge in [0, 0.05) is 24.8 Å². The minimum atomic E-state index is -3.95. The normalized spacial score (nSPS) is 15.8. The van der Waals surface area contributed by atoms with Gasteiger partial charge in [-0.05, 0) is 32.0 Å². The highest BCUT2D eigenvalue weighted by Gasteiger charge is 2.26. The van der Waals surface area contributed by atoms with Crippen LogP contribution in [0.1, 0.15) is 12.8 Å². The van der Waals surface area contributed by atoms with Crippen LogP contribution in [0.3, 0.4) is 0 Å². The van der Waals surface area contributed by atoms with E-state index in [1.54, 1.807) is 0 Å². The van der Waals surface area contributed by atoms with Crippen LogP contribution in [-0.4, -0.2) is 39.5 Å². The lowest BCUT2D eigenvalue weighted by molar-refractivity contribution is 0.329. The van der Waals surface area contributed by atoms with Crippen LogP contribution in [-0.2, 0) is 10.0 Å². The maximum Gasteiger partial charge on any atom is 0.243 e. The highest BCUT2D eigenvalue weighted by Crippen LogP contribution is 2.26. The molecule has 1 aliphatic rings. The summed E-state index contributed by atoms with van der Waals surface area (Å²) in [6, 6.07) is 2.78. The summed E-state index contributed by atoms with van der Waals surface area (Å²) in [5.74, 6) is -0.982. The monoisotopic (exact) mass is 321 g/mol. The van der Waals surface area contributed by atoms with E-state index in [-0.39, 0.29) is 17.3 Å². The van der Waals surface area contributed by atoms with E-state index in [2.05, 4.69) is 9.62 Å². The molecule has 0 unspecified atom stereocenters. The van der Waals surface area contributed by atoms with E-state index in [0.717, 1.165) is 18.9 Å². The molecule has 0 atom stereocenters. The summed E-state index contributed by atoms with van der Waals surface area (Å²) in [5, 5.41) is -0.305. The molecule has 2 rings (SSSR count). The first-order chi connectivity index (χ1) is 9.31. The fraction of sp³-hybridized carbons (Fsp3) is 0.500. The predicted octanol–water partition coefficient (Wildman–Crippen LogP) is 1.43. The van der Waals surface area contributed by atoms with Crippen molar-refractivity contribution in [3.8, 4) is 0 Å². The van der Waals surface area contributed by atoms with Gasteiger partial charge in [-0.1, -0.05) is 11.6 Å². The van der Waals surface area contributed by atoms with E-state index in [4.69, 9.17) is 17.3 Å². The average molecular weight is 322 g/mol. The number of halogens is 2. The number of nitrogen functional groups attached to an aromatic ring is 1. The van der Waals surface area contributed by atoms with E-state index < -0.39 is 20.7 Å². The topological polar surface area (TPSA) is 75.4 Å². The van der Waals surface area contributed by atoms with Crippen molar-refractivity contribution in [1.29, 1.82) is 0 Å². The van der Waals surface area contributed by atoms with Crippen LogP contribution in [0.2, 0.25) is 5.02 Å². The van der Waals surface area contributed by atoms with Crippen molar-refractivity contribution in [2.75, 3.05) is 25.9 Å². The first-order valence-electron chi connectivity index (χ1n) is 6.25. The Balaban J connectivity index is 2.06. The van der Waals surface area contributed by atoms with Gasteiger partial charge in [0.05, 0.1) is 5.02 Å². The summed E-state index contributed by atoms with van der Waals surface area (Å²) < 4.78 is 40.2. The van der Waals surface area contributed by atoms with Crippen LogP contribution in [0.25, 0.3) is 0 Å². The summed E-state index contributed by atoms with van der Waals surface area (Å²) >= 11 is 5.60. The molecule has 0 amide bonds. The molecule has 0 radical (unpaired) electrons. The highest BCUT2D eigenvalue weighted by molar-refractivity contribution is 7.89. The molecule has 1 fully saturated rings. The van der Waals surface area contributed by atoms with E-state index in [1.807, 2.05) is 7.05 Å². The number of nitrogens with two attached hydrogens (primary N) is 1. The van der Waals surface area contributed by atoms with Gasteiger partial charge in [-0.3, -0.25) is 0 Å². The lowest BCUT2D eigenvalue weighted by atomic mass is 10.3. The predicted molar refractivity (Wildman–Crippen MR) is 76.7 cm³/mol. The van der Waals surface area contributed by atoms with E-state index in [9.17, 15) is 12.8 Å². The molecule has 1 aliphatic carbocycles. The molecule has 112 valence electrons. The molecule has 1 aromatic carbocycles. The molecule has 8 heteroatoms. The van der Waals surface area contributed by atoms with Crippen LogP contribution in [0.15, 0.2) is 17.0 Å². The largest absolute Gasteiger partial charge is 0.399 e. The van der Waals surface area contributed by atoms with Crippen molar-refractivity contribution < 1.29 is 12.8 Å². The molecule has 1 aromatic rings. The third-order valence-corrected chi connectivity index (χ3v) is 4.97. The standard InChI is InChI=1S/C12H17ClFN3O2S/c1-17(9-2-3-9)5-4-16-20(18,19)11-7-8(15)6-10(13)12(11)14/h6-7,9,16H,2-5,15H2,1H3. The van der Waals surface area contributed by atoms with Crippen LogP contribution in [0, 0.1) is 5.82 Å². The number of rotatable bonds is 6. The number of hydrogen-bond donors (Lipinski definition) is 2. The smallest absolute Gasteiger partial charge is 0.243 e. The lowest BCUT2D eigenvalue weighted by Crippen LogP contribution is -2.34. The first-order valence-corrected chi connectivity index (χ1v) is 8.12. The quantitative estimate of drug-likeness (QED) is 0.777. The fourth-order valence-electron chi connectivity index (χ4n) is 1.91. The molecule has 5 nitrogen and oxygen atoms in total. The molecule has 0 aliphatic heterocycles. The van der Waals surface area contributed by atoms with Crippen LogP contribution in [0.4, 0.5) is 10.1 Å². The molecule has 0 aromatic heterocycles. The zero-order valence-electron chi connectivity index (χ0n) is 11.1. The molecule has 20 heavy (non-hydrogen) atoms. The SMILES string of the molecule is CN(CCNS(=O)(=O)c1cc(N)cc(Cl)c1F)C1CC1. The van der Waals surface area contributed by atoms with Crippen molar-refractivity contribution in [1.82, 2.24) is 9.62 Å². The Morgan fingerprint density at radius 3 is 2.75 bits per heavy atom. The zero-order valence-corrected chi connectivity index (χ0v) is 12.6. The molecule has 0 saturated heterocycles. The van der Waals surface area contributed by atoms with E-state index in [1.165, 1.54) is 6.07 Å². The number of benzene rings is 1. The van der Waals surface area contributed by atoms with Crippen molar-refractivity contribution in [3.05, 3.63) is 23.0 Å². The summed E-state index contributed by atoms with van der Waals surface area (Å²) in [5.41, 5.74) is 5.60. The van der Waals surface area contributed by atoms with Crippen LogP contribution < -0.4 is 10.5 Å². The molecule has 0 spiro atoms. The highest BCUT2D eigenvalue weighted by atomic mass is 35.5. The summed E-state index contributed by atoms with van der Waals surface area (Å²) in [6.07, 6.45) is 2.28. The number of hydrogen-bond acceptors (Lipinski definition) is 4. The Labute approximate surface area is 122 Å². The van der Waals surface area contributed by atoms with Gasteiger partial charge >= 0.3 is 0 Å². The fourth-order valence-corrected chi connectivity index (χ4v) is 3.35. The van der Waals surface area contributed by atoms with Crippen LogP contribution >= 0.6 is 11.6 Å².